The molecule has 1 amide bonds. The van der Waals surface area contributed by atoms with Gasteiger partial charge in [-0.05, 0) is 49.3 Å². The smallest absolute Gasteiger partial charge is 0.223 e. The number of fused-ring (bicyclic) bond motifs is 2. The van der Waals surface area contributed by atoms with Crippen LogP contribution in [0.5, 0.6) is 0 Å². The second-order valence-corrected chi connectivity index (χ2v) is 7.87. The lowest BCUT2D eigenvalue weighted by Crippen LogP contribution is -2.44. The van der Waals surface area contributed by atoms with Crippen LogP contribution in [0.3, 0.4) is 0 Å². The van der Waals surface area contributed by atoms with Gasteiger partial charge in [-0.25, -0.2) is 0 Å². The zero-order chi connectivity index (χ0) is 16.5. The number of carbonyl (C=O) groups excluding carboxylic acids is 1. The first-order valence-electron chi connectivity index (χ1n) is 9.08. The van der Waals surface area contributed by atoms with Gasteiger partial charge in [-0.2, -0.15) is 0 Å². The molecule has 3 aliphatic rings. The third-order valence-electron chi connectivity index (χ3n) is 5.69. The lowest BCUT2D eigenvalue weighted by atomic mass is 9.89. The van der Waals surface area contributed by atoms with Gasteiger partial charge in [0.05, 0.1) is 13.2 Å². The lowest BCUT2D eigenvalue weighted by molar-refractivity contribution is -0.140. The van der Waals surface area contributed by atoms with E-state index in [4.69, 9.17) is 16.3 Å². The average molecular weight is 385 g/mol. The number of carbonyl (C=O) groups is 1. The molecule has 3 unspecified atom stereocenters. The molecule has 138 valence electrons. The van der Waals surface area contributed by atoms with E-state index in [1.165, 1.54) is 12.8 Å². The van der Waals surface area contributed by atoms with Gasteiger partial charge in [0.1, 0.15) is 6.10 Å². The molecule has 1 aromatic carbocycles. The molecule has 3 aliphatic heterocycles. The first-order chi connectivity index (χ1) is 11.7. The summed E-state index contributed by atoms with van der Waals surface area (Å²) < 4.78 is 5.87. The summed E-state index contributed by atoms with van der Waals surface area (Å²) in [5.41, 5.74) is 1.09. The number of nitrogens with zero attached hydrogens (tertiary/aromatic N) is 1. The SMILES string of the molecule is Cl.O=C(CC1CC2CCC(C1)N2)N1CCOC(c2ccc(Cl)cc2)C1. The Labute approximate surface area is 160 Å². The zero-order valence-electron chi connectivity index (χ0n) is 14.3. The molecule has 0 spiro atoms. The molecular formula is C19H26Cl2N2O2. The predicted molar refractivity (Wildman–Crippen MR) is 101 cm³/mol. The molecule has 3 heterocycles. The van der Waals surface area contributed by atoms with Gasteiger partial charge in [0, 0.05) is 30.1 Å². The predicted octanol–water partition coefficient (Wildman–Crippen LogP) is 3.58. The van der Waals surface area contributed by atoms with Crippen molar-refractivity contribution < 1.29 is 9.53 Å². The van der Waals surface area contributed by atoms with Gasteiger partial charge in [-0.1, -0.05) is 23.7 Å². The Balaban J connectivity index is 0.00000182. The number of rotatable bonds is 3. The normalized spacial score (nSPS) is 31.5. The number of nitrogens with one attached hydrogen (secondary N) is 1. The van der Waals surface area contributed by atoms with Crippen molar-refractivity contribution in [2.45, 2.75) is 50.3 Å². The van der Waals surface area contributed by atoms with Crippen molar-refractivity contribution in [3.63, 3.8) is 0 Å². The lowest BCUT2D eigenvalue weighted by Gasteiger charge is -2.35. The largest absolute Gasteiger partial charge is 0.370 e. The van der Waals surface area contributed by atoms with Crippen LogP contribution in [0.15, 0.2) is 24.3 Å². The van der Waals surface area contributed by atoms with Gasteiger partial charge in [-0.15, -0.1) is 12.4 Å². The van der Waals surface area contributed by atoms with E-state index >= 15 is 0 Å². The Morgan fingerprint density at radius 2 is 1.88 bits per heavy atom. The molecule has 25 heavy (non-hydrogen) atoms. The summed E-state index contributed by atoms with van der Waals surface area (Å²) in [7, 11) is 0. The Morgan fingerprint density at radius 1 is 1.20 bits per heavy atom. The van der Waals surface area contributed by atoms with E-state index in [1.807, 2.05) is 29.2 Å². The molecule has 4 rings (SSSR count). The molecule has 1 aromatic rings. The van der Waals surface area contributed by atoms with Crippen LogP contribution in [0.25, 0.3) is 0 Å². The third kappa shape index (κ3) is 4.48. The summed E-state index contributed by atoms with van der Waals surface area (Å²) in [5.74, 6) is 0.844. The molecule has 4 nitrogen and oxygen atoms in total. The van der Waals surface area contributed by atoms with E-state index in [0.717, 1.165) is 23.4 Å². The van der Waals surface area contributed by atoms with Crippen molar-refractivity contribution in [3.8, 4) is 0 Å². The molecule has 0 aromatic heterocycles. The third-order valence-corrected chi connectivity index (χ3v) is 5.95. The minimum Gasteiger partial charge on any atom is -0.370 e. The first kappa shape index (κ1) is 19.0. The topological polar surface area (TPSA) is 41.6 Å². The van der Waals surface area contributed by atoms with Crippen LogP contribution < -0.4 is 5.32 Å². The fourth-order valence-electron chi connectivity index (χ4n) is 4.47. The van der Waals surface area contributed by atoms with E-state index in [0.29, 0.717) is 50.0 Å². The van der Waals surface area contributed by atoms with Gasteiger partial charge < -0.3 is 15.0 Å². The summed E-state index contributed by atoms with van der Waals surface area (Å²) in [4.78, 5) is 14.8. The maximum atomic E-state index is 12.8. The van der Waals surface area contributed by atoms with Crippen molar-refractivity contribution in [3.05, 3.63) is 34.9 Å². The van der Waals surface area contributed by atoms with Crippen molar-refractivity contribution in [1.29, 1.82) is 0 Å². The number of benzene rings is 1. The number of halogens is 2. The molecular weight excluding hydrogens is 359 g/mol. The zero-order valence-corrected chi connectivity index (χ0v) is 15.9. The second-order valence-electron chi connectivity index (χ2n) is 7.43. The first-order valence-corrected chi connectivity index (χ1v) is 9.46. The number of piperidine rings is 1. The van der Waals surface area contributed by atoms with Crippen molar-refractivity contribution >= 4 is 29.9 Å². The Bertz CT molecular complexity index is 584. The van der Waals surface area contributed by atoms with Crippen LogP contribution in [0.4, 0.5) is 0 Å². The molecule has 0 aliphatic carbocycles. The van der Waals surface area contributed by atoms with E-state index in [1.54, 1.807) is 0 Å². The van der Waals surface area contributed by atoms with Gasteiger partial charge in [0.25, 0.3) is 0 Å². The molecule has 3 saturated heterocycles. The van der Waals surface area contributed by atoms with Crippen molar-refractivity contribution in [2.75, 3.05) is 19.7 Å². The maximum Gasteiger partial charge on any atom is 0.223 e. The second kappa shape index (κ2) is 8.26. The molecule has 0 saturated carbocycles. The van der Waals surface area contributed by atoms with Crippen LogP contribution in [0, 0.1) is 5.92 Å². The van der Waals surface area contributed by atoms with Crippen molar-refractivity contribution in [1.82, 2.24) is 10.2 Å². The summed E-state index contributed by atoms with van der Waals surface area (Å²) in [5, 5.41) is 4.38. The van der Waals surface area contributed by atoms with Gasteiger partial charge in [-0.3, -0.25) is 4.79 Å². The van der Waals surface area contributed by atoms with E-state index in [2.05, 4.69) is 5.32 Å². The average Bonchev–Trinajstić information content (AvgIpc) is 2.94. The van der Waals surface area contributed by atoms with Crippen molar-refractivity contribution in [2.24, 2.45) is 5.92 Å². The van der Waals surface area contributed by atoms with Crippen LogP contribution in [-0.4, -0.2) is 42.6 Å². The number of hydrogen-bond acceptors (Lipinski definition) is 3. The quantitative estimate of drug-likeness (QED) is 0.865. The number of hydrogen-bond donors (Lipinski definition) is 1. The molecule has 6 heteroatoms. The Kier molecular flexibility index (Phi) is 6.26. The number of morpholine rings is 1. The molecule has 3 fully saturated rings. The minimum absolute atomic E-state index is 0. The highest BCUT2D eigenvalue weighted by atomic mass is 35.5. The van der Waals surface area contributed by atoms with Crippen LogP contribution in [0.1, 0.15) is 43.8 Å². The number of ether oxygens (including phenoxy) is 1. The summed E-state index contributed by atoms with van der Waals surface area (Å²) in [6.45, 7) is 1.97. The fourth-order valence-corrected chi connectivity index (χ4v) is 4.60. The van der Waals surface area contributed by atoms with Crippen LogP contribution in [-0.2, 0) is 9.53 Å². The highest BCUT2D eigenvalue weighted by molar-refractivity contribution is 6.30. The molecule has 0 radical (unpaired) electrons. The maximum absolute atomic E-state index is 12.8. The van der Waals surface area contributed by atoms with Gasteiger partial charge >= 0.3 is 0 Å². The Hall–Kier alpha value is -0.810. The molecule has 3 atom stereocenters. The van der Waals surface area contributed by atoms with Gasteiger partial charge in [0.15, 0.2) is 0 Å². The standard InChI is InChI=1S/C19H25ClN2O2.ClH/c20-15-3-1-14(2-4-15)18-12-22(7-8-24-18)19(23)11-13-9-16-5-6-17(10-13)21-16;/h1-4,13,16-18,21H,5-12H2;1H. The van der Waals surface area contributed by atoms with E-state index in [-0.39, 0.29) is 18.5 Å². The minimum atomic E-state index is -0.0378. The van der Waals surface area contributed by atoms with Crippen LogP contribution >= 0.6 is 24.0 Å². The molecule has 2 bridgehead atoms. The summed E-state index contributed by atoms with van der Waals surface area (Å²) >= 11 is 5.96. The highest BCUT2D eigenvalue weighted by Crippen LogP contribution is 2.33. The fraction of sp³-hybridized carbons (Fsp3) is 0.632. The summed E-state index contributed by atoms with van der Waals surface area (Å²) in [6, 6.07) is 9.04. The number of amides is 1. The van der Waals surface area contributed by atoms with Gasteiger partial charge in [0.2, 0.25) is 5.91 Å². The molecule has 1 N–H and O–H groups in total. The van der Waals surface area contributed by atoms with E-state index in [9.17, 15) is 4.79 Å². The monoisotopic (exact) mass is 384 g/mol. The van der Waals surface area contributed by atoms with E-state index < -0.39 is 0 Å². The summed E-state index contributed by atoms with van der Waals surface area (Å²) in [6.07, 6.45) is 5.55. The highest BCUT2D eigenvalue weighted by Gasteiger charge is 2.35. The van der Waals surface area contributed by atoms with Crippen LogP contribution in [0.2, 0.25) is 5.02 Å². The Morgan fingerprint density at radius 3 is 2.56 bits per heavy atom.